The van der Waals surface area contributed by atoms with Gasteiger partial charge in [0.05, 0.1) is 22.6 Å². The van der Waals surface area contributed by atoms with Gasteiger partial charge >= 0.3 is 5.97 Å². The van der Waals surface area contributed by atoms with Crippen molar-refractivity contribution in [3.05, 3.63) is 51.0 Å². The van der Waals surface area contributed by atoms with Crippen LogP contribution in [-0.2, 0) is 14.3 Å². The molecule has 3 N–H and O–H groups in total. The third kappa shape index (κ3) is 3.17. The summed E-state index contributed by atoms with van der Waals surface area (Å²) in [6.07, 6.45) is 0. The summed E-state index contributed by atoms with van der Waals surface area (Å²) in [7, 11) is 0. The number of phenolic OH excluding ortho intramolecular Hbond substituents is 1. The molecule has 23 heavy (non-hydrogen) atoms. The number of nitriles is 1. The van der Waals surface area contributed by atoms with E-state index in [9.17, 15) is 15.2 Å². The van der Waals surface area contributed by atoms with Crippen molar-refractivity contribution in [2.45, 2.75) is 19.8 Å². The summed E-state index contributed by atoms with van der Waals surface area (Å²) in [5.41, 5.74) is 6.75. The van der Waals surface area contributed by atoms with Crippen LogP contribution in [0, 0.1) is 11.3 Å². The van der Waals surface area contributed by atoms with Gasteiger partial charge in [-0.05, 0) is 47.5 Å². The van der Waals surface area contributed by atoms with Gasteiger partial charge in [-0.3, -0.25) is 0 Å². The molecule has 1 aliphatic heterocycles. The van der Waals surface area contributed by atoms with Crippen LogP contribution in [0.5, 0.6) is 5.75 Å². The fourth-order valence-electron chi connectivity index (χ4n) is 2.39. The first-order valence-corrected chi connectivity index (χ1v) is 7.63. The average Bonchev–Trinajstić information content (AvgIpc) is 2.49. The van der Waals surface area contributed by atoms with Crippen LogP contribution >= 0.6 is 15.9 Å². The zero-order valence-corrected chi connectivity index (χ0v) is 14.2. The maximum absolute atomic E-state index is 12.3. The fraction of sp³-hybridized carbons (Fsp3) is 0.250. The number of carbonyl (C=O) groups is 1. The Balaban J connectivity index is 2.64. The second-order valence-electron chi connectivity index (χ2n) is 4.83. The van der Waals surface area contributed by atoms with Crippen molar-refractivity contribution in [2.75, 3.05) is 6.61 Å². The van der Waals surface area contributed by atoms with Gasteiger partial charge in [-0.2, -0.15) is 5.26 Å². The van der Waals surface area contributed by atoms with E-state index >= 15 is 0 Å². The van der Waals surface area contributed by atoms with E-state index in [1.54, 1.807) is 26.0 Å². The lowest BCUT2D eigenvalue weighted by Crippen LogP contribution is -2.25. The first-order valence-electron chi connectivity index (χ1n) is 6.84. The summed E-state index contributed by atoms with van der Waals surface area (Å²) >= 11 is 3.23. The summed E-state index contributed by atoms with van der Waals surface area (Å²) in [6, 6.07) is 6.71. The molecule has 1 aromatic carbocycles. The van der Waals surface area contributed by atoms with Crippen LogP contribution in [0.1, 0.15) is 25.3 Å². The van der Waals surface area contributed by atoms with Crippen molar-refractivity contribution >= 4 is 21.9 Å². The van der Waals surface area contributed by atoms with Crippen molar-refractivity contribution in [2.24, 2.45) is 5.73 Å². The van der Waals surface area contributed by atoms with Crippen LogP contribution in [0.15, 0.2) is 45.5 Å². The Morgan fingerprint density at radius 3 is 2.83 bits per heavy atom. The Labute approximate surface area is 141 Å². The van der Waals surface area contributed by atoms with Crippen LogP contribution < -0.4 is 5.73 Å². The number of halogens is 1. The molecular formula is C16H15BrN2O4. The zero-order valence-electron chi connectivity index (χ0n) is 12.6. The van der Waals surface area contributed by atoms with Crippen molar-refractivity contribution in [1.82, 2.24) is 0 Å². The normalized spacial score (nSPS) is 17.6. The molecule has 0 fully saturated rings. The van der Waals surface area contributed by atoms with E-state index in [2.05, 4.69) is 15.9 Å². The van der Waals surface area contributed by atoms with E-state index in [0.29, 0.717) is 10.0 Å². The molecule has 7 heteroatoms. The van der Waals surface area contributed by atoms with Crippen molar-refractivity contribution < 1.29 is 19.4 Å². The maximum atomic E-state index is 12.3. The third-order valence-electron chi connectivity index (χ3n) is 3.41. The predicted molar refractivity (Wildman–Crippen MR) is 85.8 cm³/mol. The molecule has 1 aliphatic rings. The number of phenols is 1. The Kier molecular flexibility index (Phi) is 4.96. The lowest BCUT2D eigenvalue weighted by atomic mass is 9.83. The molecule has 0 saturated carbocycles. The lowest BCUT2D eigenvalue weighted by molar-refractivity contribution is -0.139. The van der Waals surface area contributed by atoms with Gasteiger partial charge < -0.3 is 20.3 Å². The van der Waals surface area contributed by atoms with E-state index in [1.165, 1.54) is 6.07 Å². The SMILES string of the molecule is CCOC(=O)C1=C(C)OC(N)=C(C#N)C1c1ccc(O)c(Br)c1. The van der Waals surface area contributed by atoms with Crippen LogP contribution in [0.3, 0.4) is 0 Å². The molecule has 0 saturated heterocycles. The Morgan fingerprint density at radius 2 is 2.26 bits per heavy atom. The Hall–Kier alpha value is -2.46. The number of rotatable bonds is 3. The van der Waals surface area contributed by atoms with Crippen LogP contribution in [0.4, 0.5) is 0 Å². The summed E-state index contributed by atoms with van der Waals surface area (Å²) in [5, 5.41) is 19.1. The second-order valence-corrected chi connectivity index (χ2v) is 5.68. The lowest BCUT2D eigenvalue weighted by Gasteiger charge is -2.27. The molecule has 1 aromatic rings. The summed E-state index contributed by atoms with van der Waals surface area (Å²) in [4.78, 5) is 12.3. The highest BCUT2D eigenvalue weighted by atomic mass is 79.9. The van der Waals surface area contributed by atoms with Crippen LogP contribution in [-0.4, -0.2) is 17.7 Å². The van der Waals surface area contributed by atoms with E-state index in [1.807, 2.05) is 6.07 Å². The summed E-state index contributed by atoms with van der Waals surface area (Å²) in [6.45, 7) is 3.48. The van der Waals surface area contributed by atoms with E-state index < -0.39 is 11.9 Å². The average molecular weight is 379 g/mol. The number of hydrogen-bond donors (Lipinski definition) is 2. The second kappa shape index (κ2) is 6.75. The third-order valence-corrected chi connectivity index (χ3v) is 4.04. The molecule has 2 rings (SSSR count). The molecule has 0 radical (unpaired) electrons. The first-order chi connectivity index (χ1) is 10.9. The topological polar surface area (TPSA) is 106 Å². The van der Waals surface area contributed by atoms with E-state index in [-0.39, 0.29) is 35.1 Å². The van der Waals surface area contributed by atoms with Gasteiger partial charge in [-0.15, -0.1) is 0 Å². The number of benzene rings is 1. The molecule has 1 heterocycles. The van der Waals surface area contributed by atoms with Crippen molar-refractivity contribution in [3.63, 3.8) is 0 Å². The zero-order chi connectivity index (χ0) is 17.1. The number of carbonyl (C=O) groups excluding carboxylic acids is 1. The molecule has 0 bridgehead atoms. The molecule has 0 spiro atoms. The largest absolute Gasteiger partial charge is 0.507 e. The number of allylic oxidation sites excluding steroid dienone is 2. The molecule has 0 amide bonds. The minimum atomic E-state index is -0.718. The molecule has 0 aliphatic carbocycles. The highest BCUT2D eigenvalue weighted by Crippen LogP contribution is 2.41. The van der Waals surface area contributed by atoms with E-state index in [0.717, 1.165) is 0 Å². The van der Waals surface area contributed by atoms with Gasteiger partial charge in [0.2, 0.25) is 5.88 Å². The van der Waals surface area contributed by atoms with Gasteiger partial charge in [-0.25, -0.2) is 4.79 Å². The van der Waals surface area contributed by atoms with Crippen LogP contribution in [0.2, 0.25) is 0 Å². The number of aromatic hydroxyl groups is 1. The van der Waals surface area contributed by atoms with Gasteiger partial charge in [0.25, 0.3) is 0 Å². The fourth-order valence-corrected chi connectivity index (χ4v) is 2.79. The van der Waals surface area contributed by atoms with Gasteiger partial charge in [0.1, 0.15) is 23.2 Å². The summed E-state index contributed by atoms with van der Waals surface area (Å²) < 4.78 is 10.8. The monoisotopic (exact) mass is 378 g/mol. The maximum Gasteiger partial charge on any atom is 0.338 e. The molecule has 1 unspecified atom stereocenters. The smallest absolute Gasteiger partial charge is 0.338 e. The van der Waals surface area contributed by atoms with Crippen molar-refractivity contribution in [3.8, 4) is 11.8 Å². The highest BCUT2D eigenvalue weighted by Gasteiger charge is 2.36. The van der Waals surface area contributed by atoms with Gasteiger partial charge in [-0.1, -0.05) is 6.07 Å². The standard InChI is InChI=1S/C16H15BrN2O4/c1-3-22-16(21)13-8(2)23-15(19)10(7-18)14(13)9-4-5-12(20)11(17)6-9/h4-6,14,20H,3,19H2,1-2H3. The number of nitrogens with zero attached hydrogens (tertiary/aromatic N) is 1. The molecule has 120 valence electrons. The van der Waals surface area contributed by atoms with Gasteiger partial charge in [0, 0.05) is 0 Å². The number of nitrogens with two attached hydrogens (primary N) is 1. The molecule has 0 aromatic heterocycles. The minimum Gasteiger partial charge on any atom is -0.507 e. The Bertz CT molecular complexity index is 762. The predicted octanol–water partition coefficient (Wildman–Crippen LogP) is 2.80. The quantitative estimate of drug-likeness (QED) is 0.783. The van der Waals surface area contributed by atoms with Crippen molar-refractivity contribution in [1.29, 1.82) is 5.26 Å². The van der Waals surface area contributed by atoms with E-state index in [4.69, 9.17) is 15.2 Å². The molecule has 6 nitrogen and oxygen atoms in total. The molecule has 1 atom stereocenters. The number of hydrogen-bond acceptors (Lipinski definition) is 6. The first kappa shape index (κ1) is 16.9. The Morgan fingerprint density at radius 1 is 1.57 bits per heavy atom. The number of ether oxygens (including phenoxy) is 2. The molecular weight excluding hydrogens is 364 g/mol. The van der Waals surface area contributed by atoms with Crippen LogP contribution in [0.25, 0.3) is 0 Å². The number of esters is 1. The van der Waals surface area contributed by atoms with Gasteiger partial charge in [0.15, 0.2) is 0 Å². The minimum absolute atomic E-state index is 0.0488. The summed E-state index contributed by atoms with van der Waals surface area (Å²) in [5.74, 6) is -1.000. The highest BCUT2D eigenvalue weighted by molar-refractivity contribution is 9.10.